The fourth-order valence-corrected chi connectivity index (χ4v) is 1.91. The van der Waals surface area contributed by atoms with Crippen LogP contribution < -0.4 is 5.43 Å². The fraction of sp³-hybridized carbons (Fsp3) is 0. The first-order chi connectivity index (χ1) is 8.25. The lowest BCUT2D eigenvalue weighted by molar-refractivity contribution is 1.35. The maximum Gasteiger partial charge on any atom is 0.0748 e. The van der Waals surface area contributed by atoms with Crippen molar-refractivity contribution >= 4 is 39.4 Å². The molecular weight excluding hydrogens is 300 g/mol. The van der Waals surface area contributed by atoms with Crippen LogP contribution in [0.15, 0.2) is 58.1 Å². The standard InChI is InChI=1S/C13H10BrClN2/c14-11-5-3-4-10(8-11)9-16-17-13-7-2-1-6-12(13)15/h1-9,17H/b16-9-. The van der Waals surface area contributed by atoms with Gasteiger partial charge < -0.3 is 0 Å². The Morgan fingerprint density at radius 3 is 2.71 bits per heavy atom. The van der Waals surface area contributed by atoms with E-state index in [2.05, 4.69) is 26.5 Å². The van der Waals surface area contributed by atoms with Crippen molar-refractivity contribution in [2.45, 2.75) is 0 Å². The Bertz CT molecular complexity index is 540. The van der Waals surface area contributed by atoms with Gasteiger partial charge in [0.25, 0.3) is 0 Å². The molecule has 2 nitrogen and oxygen atoms in total. The molecule has 4 heteroatoms. The number of benzene rings is 2. The van der Waals surface area contributed by atoms with Gasteiger partial charge in [0.15, 0.2) is 0 Å². The normalized spacial score (nSPS) is 10.7. The lowest BCUT2D eigenvalue weighted by Gasteiger charge is -2.01. The third-order valence-electron chi connectivity index (χ3n) is 2.12. The second-order valence-corrected chi connectivity index (χ2v) is 4.73. The van der Waals surface area contributed by atoms with Crippen LogP contribution in [0.1, 0.15) is 5.56 Å². The zero-order valence-electron chi connectivity index (χ0n) is 8.90. The average Bonchev–Trinajstić information content (AvgIpc) is 2.32. The molecular formula is C13H10BrClN2. The number of hydrazone groups is 1. The minimum atomic E-state index is 0.652. The van der Waals surface area contributed by atoms with Crippen molar-refractivity contribution in [1.29, 1.82) is 0 Å². The van der Waals surface area contributed by atoms with Crippen LogP contribution in [0.3, 0.4) is 0 Å². The van der Waals surface area contributed by atoms with Gasteiger partial charge in [0.05, 0.1) is 16.9 Å². The number of hydrogen-bond donors (Lipinski definition) is 1. The van der Waals surface area contributed by atoms with Crippen molar-refractivity contribution in [2.24, 2.45) is 5.10 Å². The highest BCUT2D eigenvalue weighted by Gasteiger charge is 1.95. The number of halogens is 2. The molecule has 0 atom stereocenters. The molecule has 0 heterocycles. The third kappa shape index (κ3) is 3.58. The maximum absolute atomic E-state index is 5.99. The Labute approximate surface area is 113 Å². The molecule has 0 amide bonds. The van der Waals surface area contributed by atoms with Gasteiger partial charge in [0.1, 0.15) is 0 Å². The zero-order chi connectivity index (χ0) is 12.1. The fourth-order valence-electron chi connectivity index (χ4n) is 1.32. The van der Waals surface area contributed by atoms with Crippen molar-refractivity contribution < 1.29 is 0 Å². The summed E-state index contributed by atoms with van der Waals surface area (Å²) in [7, 11) is 0. The first-order valence-corrected chi connectivity index (χ1v) is 6.22. The van der Waals surface area contributed by atoms with Gasteiger partial charge in [-0.25, -0.2) is 0 Å². The number of nitrogens with one attached hydrogen (secondary N) is 1. The summed E-state index contributed by atoms with van der Waals surface area (Å²) in [5.74, 6) is 0. The molecule has 0 aliphatic rings. The van der Waals surface area contributed by atoms with E-state index in [9.17, 15) is 0 Å². The summed E-state index contributed by atoms with van der Waals surface area (Å²) in [5, 5.41) is 4.79. The minimum Gasteiger partial charge on any atom is -0.277 e. The molecule has 2 rings (SSSR count). The first-order valence-electron chi connectivity index (χ1n) is 5.05. The Kier molecular flexibility index (Phi) is 4.18. The van der Waals surface area contributed by atoms with Crippen LogP contribution in [0.25, 0.3) is 0 Å². The highest BCUT2D eigenvalue weighted by molar-refractivity contribution is 9.10. The van der Waals surface area contributed by atoms with Crippen LogP contribution in [0.5, 0.6) is 0 Å². The summed E-state index contributed by atoms with van der Waals surface area (Å²) in [4.78, 5) is 0. The van der Waals surface area contributed by atoms with Gasteiger partial charge in [0.2, 0.25) is 0 Å². The van der Waals surface area contributed by atoms with E-state index in [1.807, 2.05) is 48.5 Å². The molecule has 0 fully saturated rings. The van der Waals surface area contributed by atoms with Crippen LogP contribution in [-0.2, 0) is 0 Å². The maximum atomic E-state index is 5.99. The molecule has 0 saturated heterocycles. The van der Waals surface area contributed by atoms with E-state index < -0.39 is 0 Å². The van der Waals surface area contributed by atoms with Crippen LogP contribution in [0.2, 0.25) is 5.02 Å². The average molecular weight is 310 g/mol. The van der Waals surface area contributed by atoms with E-state index in [4.69, 9.17) is 11.6 Å². The summed E-state index contributed by atoms with van der Waals surface area (Å²) in [6, 6.07) is 15.4. The van der Waals surface area contributed by atoms with Crippen LogP contribution in [0.4, 0.5) is 5.69 Å². The number of nitrogens with zero attached hydrogens (tertiary/aromatic N) is 1. The highest BCUT2D eigenvalue weighted by atomic mass is 79.9. The predicted molar refractivity (Wildman–Crippen MR) is 76.8 cm³/mol. The lowest BCUT2D eigenvalue weighted by atomic mass is 10.2. The monoisotopic (exact) mass is 308 g/mol. The summed E-state index contributed by atoms with van der Waals surface area (Å²) >= 11 is 9.39. The molecule has 86 valence electrons. The largest absolute Gasteiger partial charge is 0.277 e. The lowest BCUT2D eigenvalue weighted by Crippen LogP contribution is -1.91. The highest BCUT2D eigenvalue weighted by Crippen LogP contribution is 2.20. The molecule has 2 aromatic rings. The second kappa shape index (κ2) is 5.84. The minimum absolute atomic E-state index is 0.652. The molecule has 0 aromatic heterocycles. The molecule has 1 N–H and O–H groups in total. The molecule has 0 aliphatic carbocycles. The number of para-hydroxylation sites is 1. The summed E-state index contributed by atoms with van der Waals surface area (Å²) in [6.07, 6.45) is 1.74. The molecule has 0 unspecified atom stereocenters. The zero-order valence-corrected chi connectivity index (χ0v) is 11.2. The van der Waals surface area contributed by atoms with E-state index in [-0.39, 0.29) is 0 Å². The Hall–Kier alpha value is -1.32. The predicted octanol–water partition coefficient (Wildman–Crippen LogP) is 4.55. The van der Waals surface area contributed by atoms with Gasteiger partial charge in [0, 0.05) is 4.47 Å². The van der Waals surface area contributed by atoms with Crippen molar-refractivity contribution in [1.82, 2.24) is 0 Å². The molecule has 0 aliphatic heterocycles. The molecule has 17 heavy (non-hydrogen) atoms. The van der Waals surface area contributed by atoms with Gasteiger partial charge in [-0.2, -0.15) is 5.10 Å². The van der Waals surface area contributed by atoms with Crippen molar-refractivity contribution in [3.05, 3.63) is 63.6 Å². The molecule has 0 bridgehead atoms. The SMILES string of the molecule is Clc1ccccc1N/N=C\c1cccc(Br)c1. The van der Waals surface area contributed by atoms with Gasteiger partial charge in [-0.3, -0.25) is 5.43 Å². The van der Waals surface area contributed by atoms with Crippen LogP contribution in [0, 0.1) is 0 Å². The summed E-state index contributed by atoms with van der Waals surface area (Å²) < 4.78 is 1.03. The van der Waals surface area contributed by atoms with Gasteiger partial charge in [-0.15, -0.1) is 0 Å². The number of rotatable bonds is 3. The van der Waals surface area contributed by atoms with E-state index in [0.717, 1.165) is 15.7 Å². The second-order valence-electron chi connectivity index (χ2n) is 3.40. The van der Waals surface area contributed by atoms with Gasteiger partial charge in [-0.1, -0.05) is 51.8 Å². The van der Waals surface area contributed by atoms with Crippen molar-refractivity contribution in [3.63, 3.8) is 0 Å². The Morgan fingerprint density at radius 2 is 1.94 bits per heavy atom. The summed E-state index contributed by atoms with van der Waals surface area (Å²) in [5.41, 5.74) is 4.71. The van der Waals surface area contributed by atoms with Crippen molar-refractivity contribution in [3.8, 4) is 0 Å². The Balaban J connectivity index is 2.06. The number of anilines is 1. The van der Waals surface area contributed by atoms with E-state index in [1.165, 1.54) is 0 Å². The molecule has 0 radical (unpaired) electrons. The van der Waals surface area contributed by atoms with Crippen LogP contribution >= 0.6 is 27.5 Å². The third-order valence-corrected chi connectivity index (χ3v) is 2.94. The summed E-state index contributed by atoms with van der Waals surface area (Å²) in [6.45, 7) is 0. The van der Waals surface area contributed by atoms with Gasteiger partial charge >= 0.3 is 0 Å². The van der Waals surface area contributed by atoms with Crippen LogP contribution in [-0.4, -0.2) is 6.21 Å². The topological polar surface area (TPSA) is 24.4 Å². The van der Waals surface area contributed by atoms with Gasteiger partial charge in [-0.05, 0) is 29.8 Å². The molecule has 0 spiro atoms. The van der Waals surface area contributed by atoms with E-state index >= 15 is 0 Å². The van der Waals surface area contributed by atoms with E-state index in [0.29, 0.717) is 5.02 Å². The quantitative estimate of drug-likeness (QED) is 0.653. The number of hydrogen-bond acceptors (Lipinski definition) is 2. The van der Waals surface area contributed by atoms with E-state index in [1.54, 1.807) is 6.21 Å². The first kappa shape index (κ1) is 12.1. The van der Waals surface area contributed by atoms with Crippen molar-refractivity contribution in [2.75, 3.05) is 5.43 Å². The molecule has 0 saturated carbocycles. The smallest absolute Gasteiger partial charge is 0.0748 e. The molecule has 2 aromatic carbocycles. The Morgan fingerprint density at radius 1 is 1.12 bits per heavy atom.